The minimum absolute atomic E-state index is 0.0375. The van der Waals surface area contributed by atoms with Gasteiger partial charge in [-0.25, -0.2) is 0 Å². The van der Waals surface area contributed by atoms with Crippen molar-refractivity contribution in [1.82, 2.24) is 0 Å². The van der Waals surface area contributed by atoms with Crippen molar-refractivity contribution in [3.63, 3.8) is 0 Å². The van der Waals surface area contributed by atoms with E-state index < -0.39 is 0 Å². The molecule has 4 N–H and O–H groups in total. The average Bonchev–Trinajstić information content (AvgIpc) is 2.33. The fourth-order valence-electron chi connectivity index (χ4n) is 1.56. The Bertz CT molecular complexity index is 621. The maximum absolute atomic E-state index is 12.0. The highest BCUT2D eigenvalue weighted by atomic mass is 79.9. The molecular weight excluding hydrogens is 376 g/mol. The number of carbonyl (C=O) groups excluding carboxylic acids is 1. The largest absolute Gasteiger partial charge is 0.508 e. The van der Waals surface area contributed by atoms with Crippen LogP contribution in [0.2, 0.25) is 0 Å². The number of hydrogen-bond donors (Lipinski definition) is 3. The lowest BCUT2D eigenvalue weighted by molar-refractivity contribution is 0.102. The van der Waals surface area contributed by atoms with Gasteiger partial charge in [-0.1, -0.05) is 22.0 Å². The third-order valence-electron chi connectivity index (χ3n) is 2.43. The van der Waals surface area contributed by atoms with Gasteiger partial charge in [-0.3, -0.25) is 4.79 Å². The highest BCUT2D eigenvalue weighted by Gasteiger charge is 2.12. The lowest BCUT2D eigenvalue weighted by Gasteiger charge is -2.11. The highest BCUT2D eigenvalue weighted by Crippen LogP contribution is 2.32. The average molecular weight is 386 g/mol. The molecule has 0 saturated heterocycles. The number of rotatable bonds is 2. The second-order valence-electron chi connectivity index (χ2n) is 3.86. The number of halogens is 2. The number of carbonyl (C=O) groups is 1. The van der Waals surface area contributed by atoms with Gasteiger partial charge in [0.15, 0.2) is 0 Å². The number of nitrogens with two attached hydrogens (primary N) is 1. The Morgan fingerprint density at radius 1 is 1.21 bits per heavy atom. The van der Waals surface area contributed by atoms with Crippen LogP contribution in [0.15, 0.2) is 45.3 Å². The molecule has 0 saturated carbocycles. The van der Waals surface area contributed by atoms with E-state index in [9.17, 15) is 9.90 Å². The molecule has 0 aliphatic heterocycles. The molecule has 1 amide bonds. The van der Waals surface area contributed by atoms with Crippen LogP contribution in [0.25, 0.3) is 0 Å². The third kappa shape index (κ3) is 3.27. The number of benzene rings is 2. The maximum Gasteiger partial charge on any atom is 0.255 e. The van der Waals surface area contributed by atoms with E-state index >= 15 is 0 Å². The van der Waals surface area contributed by atoms with Crippen LogP contribution in [0.4, 0.5) is 11.4 Å². The number of amides is 1. The van der Waals surface area contributed by atoms with Crippen molar-refractivity contribution in [3.05, 3.63) is 50.9 Å². The number of phenols is 1. The number of aromatic hydroxyl groups is 1. The van der Waals surface area contributed by atoms with Crippen molar-refractivity contribution in [2.75, 3.05) is 11.1 Å². The molecule has 0 aliphatic carbocycles. The summed E-state index contributed by atoms with van der Waals surface area (Å²) in [4.78, 5) is 12.0. The van der Waals surface area contributed by atoms with E-state index in [0.717, 1.165) is 4.47 Å². The van der Waals surface area contributed by atoms with Crippen LogP contribution in [0.5, 0.6) is 5.75 Å². The first-order valence-corrected chi connectivity index (χ1v) is 6.91. The van der Waals surface area contributed by atoms with E-state index in [-0.39, 0.29) is 11.7 Å². The van der Waals surface area contributed by atoms with E-state index in [1.54, 1.807) is 24.3 Å². The van der Waals surface area contributed by atoms with E-state index in [1.165, 1.54) is 12.1 Å². The summed E-state index contributed by atoms with van der Waals surface area (Å²) in [7, 11) is 0. The van der Waals surface area contributed by atoms with Crippen molar-refractivity contribution in [3.8, 4) is 5.75 Å². The summed E-state index contributed by atoms with van der Waals surface area (Å²) < 4.78 is 1.49. The molecule has 4 nitrogen and oxygen atoms in total. The van der Waals surface area contributed by atoms with Gasteiger partial charge in [-0.15, -0.1) is 0 Å². The highest BCUT2D eigenvalue weighted by molar-refractivity contribution is 9.11. The fourth-order valence-corrected chi connectivity index (χ4v) is 2.92. The number of hydrogen-bond acceptors (Lipinski definition) is 3. The molecule has 0 aliphatic rings. The van der Waals surface area contributed by atoms with Crippen molar-refractivity contribution < 1.29 is 9.90 Å². The topological polar surface area (TPSA) is 75.3 Å². The standard InChI is InChI=1S/C13H10Br2N2O2/c14-8-5-10(15)12(11(16)6-8)17-13(19)7-2-1-3-9(18)4-7/h1-6,18H,16H2,(H,17,19). The Kier molecular flexibility index (Phi) is 4.11. The molecule has 0 spiro atoms. The Morgan fingerprint density at radius 2 is 1.95 bits per heavy atom. The summed E-state index contributed by atoms with van der Waals surface area (Å²) in [6, 6.07) is 9.58. The van der Waals surface area contributed by atoms with Crippen molar-refractivity contribution in [2.45, 2.75) is 0 Å². The number of nitrogens with one attached hydrogen (secondary N) is 1. The van der Waals surface area contributed by atoms with Gasteiger partial charge in [0.2, 0.25) is 0 Å². The molecule has 0 heterocycles. The molecule has 0 atom stereocenters. The SMILES string of the molecule is Nc1cc(Br)cc(Br)c1NC(=O)c1cccc(O)c1. The van der Waals surface area contributed by atoms with Crippen LogP contribution >= 0.6 is 31.9 Å². The van der Waals surface area contributed by atoms with Crippen LogP contribution in [-0.4, -0.2) is 11.0 Å². The summed E-state index contributed by atoms with van der Waals surface area (Å²) in [5.41, 5.74) is 7.15. The molecule has 19 heavy (non-hydrogen) atoms. The summed E-state index contributed by atoms with van der Waals surface area (Å²) in [6.07, 6.45) is 0. The van der Waals surface area contributed by atoms with Gasteiger partial charge in [0.1, 0.15) is 5.75 Å². The lowest BCUT2D eigenvalue weighted by Crippen LogP contribution is -2.13. The van der Waals surface area contributed by atoms with E-state index in [1.807, 2.05) is 0 Å². The zero-order valence-corrected chi connectivity index (χ0v) is 12.8. The monoisotopic (exact) mass is 384 g/mol. The molecule has 0 bridgehead atoms. The lowest BCUT2D eigenvalue weighted by atomic mass is 10.2. The molecule has 2 aromatic rings. The number of phenolic OH excluding ortho intramolecular Hbond substituents is 1. The molecule has 2 aromatic carbocycles. The van der Waals surface area contributed by atoms with Gasteiger partial charge in [0, 0.05) is 14.5 Å². The normalized spacial score (nSPS) is 10.2. The molecule has 0 fully saturated rings. The van der Waals surface area contributed by atoms with Crippen LogP contribution < -0.4 is 11.1 Å². The molecular formula is C13H10Br2N2O2. The predicted molar refractivity (Wildman–Crippen MR) is 82.3 cm³/mol. The number of nitrogen functional groups attached to an aromatic ring is 1. The second-order valence-corrected chi connectivity index (χ2v) is 5.63. The Balaban J connectivity index is 2.29. The molecule has 0 radical (unpaired) electrons. The van der Waals surface area contributed by atoms with Gasteiger partial charge in [0.25, 0.3) is 5.91 Å². The molecule has 98 valence electrons. The molecule has 6 heteroatoms. The van der Waals surface area contributed by atoms with Crippen LogP contribution in [0.1, 0.15) is 10.4 Å². The van der Waals surface area contributed by atoms with Gasteiger partial charge < -0.3 is 16.2 Å². The fraction of sp³-hybridized carbons (Fsp3) is 0. The summed E-state index contributed by atoms with van der Waals surface area (Å²) >= 11 is 6.65. The summed E-state index contributed by atoms with van der Waals surface area (Å²) in [5.74, 6) is -0.305. The van der Waals surface area contributed by atoms with E-state index in [2.05, 4.69) is 37.2 Å². The van der Waals surface area contributed by atoms with Crippen LogP contribution in [0.3, 0.4) is 0 Å². The van der Waals surface area contributed by atoms with Gasteiger partial charge in [-0.2, -0.15) is 0 Å². The van der Waals surface area contributed by atoms with Crippen LogP contribution in [-0.2, 0) is 0 Å². The summed E-state index contributed by atoms with van der Waals surface area (Å²) in [6.45, 7) is 0. The smallest absolute Gasteiger partial charge is 0.255 e. The van der Waals surface area contributed by atoms with Gasteiger partial charge in [0.05, 0.1) is 11.4 Å². The zero-order chi connectivity index (χ0) is 14.0. The molecule has 2 rings (SSSR count). The summed E-state index contributed by atoms with van der Waals surface area (Å²) in [5, 5.41) is 12.1. The minimum Gasteiger partial charge on any atom is -0.508 e. The van der Waals surface area contributed by atoms with E-state index in [0.29, 0.717) is 21.4 Å². The van der Waals surface area contributed by atoms with Crippen molar-refractivity contribution in [1.29, 1.82) is 0 Å². The first-order chi connectivity index (χ1) is 8.97. The first kappa shape index (κ1) is 13.9. The number of anilines is 2. The Labute approximate surface area is 126 Å². The van der Waals surface area contributed by atoms with Crippen molar-refractivity contribution in [2.24, 2.45) is 0 Å². The maximum atomic E-state index is 12.0. The molecule has 0 aromatic heterocycles. The van der Waals surface area contributed by atoms with E-state index in [4.69, 9.17) is 5.73 Å². The zero-order valence-electron chi connectivity index (χ0n) is 9.65. The molecule has 0 unspecified atom stereocenters. The first-order valence-electron chi connectivity index (χ1n) is 5.32. The third-order valence-corrected chi connectivity index (χ3v) is 3.52. The Morgan fingerprint density at radius 3 is 2.58 bits per heavy atom. The van der Waals surface area contributed by atoms with Crippen LogP contribution in [0, 0.1) is 0 Å². The van der Waals surface area contributed by atoms with Gasteiger partial charge >= 0.3 is 0 Å². The van der Waals surface area contributed by atoms with Gasteiger partial charge in [-0.05, 0) is 46.3 Å². The van der Waals surface area contributed by atoms with Crippen molar-refractivity contribution >= 4 is 49.1 Å². The predicted octanol–water partition coefficient (Wildman–Crippen LogP) is 3.75. The minimum atomic E-state index is -0.342. The quantitative estimate of drug-likeness (QED) is 0.689. The second kappa shape index (κ2) is 5.63. The Hall–Kier alpha value is -1.53.